The van der Waals surface area contributed by atoms with Gasteiger partial charge in [0.2, 0.25) is 5.88 Å². The fraction of sp³-hybridized carbons (Fsp3) is 0.364. The van der Waals surface area contributed by atoms with Gasteiger partial charge in [-0.05, 0) is 37.5 Å². The molecule has 3 aromatic rings. The second-order valence-electron chi connectivity index (χ2n) is 7.52. The Hall–Kier alpha value is -3.69. The molecule has 0 radical (unpaired) electrons. The van der Waals surface area contributed by atoms with Gasteiger partial charge >= 0.3 is 11.7 Å². The molecular weight excluding hydrogens is 415 g/mol. The second-order valence-corrected chi connectivity index (χ2v) is 7.52. The Labute approximate surface area is 184 Å². The molecule has 1 aromatic carbocycles. The van der Waals surface area contributed by atoms with Crippen molar-refractivity contribution in [2.45, 2.75) is 45.3 Å². The molecule has 3 heterocycles. The van der Waals surface area contributed by atoms with E-state index in [9.17, 15) is 14.0 Å². The van der Waals surface area contributed by atoms with Crippen LogP contribution in [-0.2, 0) is 26.1 Å². The molecule has 0 saturated heterocycles. The molecule has 1 aliphatic heterocycles. The van der Waals surface area contributed by atoms with E-state index in [4.69, 9.17) is 4.74 Å². The average molecular weight is 440 g/mol. The molecule has 1 aliphatic rings. The Bertz CT molecular complexity index is 1140. The third-order valence-corrected chi connectivity index (χ3v) is 5.16. The summed E-state index contributed by atoms with van der Waals surface area (Å²) in [5.41, 5.74) is 0.577. The molecule has 0 saturated carbocycles. The molecule has 32 heavy (non-hydrogen) atoms. The topological polar surface area (TPSA) is 103 Å². The quantitative estimate of drug-likeness (QED) is 0.524. The lowest BCUT2D eigenvalue weighted by atomic mass is 10.2. The SMILES string of the molecule is O=C(NCCCn1nc2n(c1=O)CCCC2)NCc1cccnc1Oc1cccc(F)c1. The van der Waals surface area contributed by atoms with Crippen LogP contribution in [0.2, 0.25) is 0 Å². The van der Waals surface area contributed by atoms with Gasteiger partial charge in [0.05, 0.1) is 0 Å². The van der Waals surface area contributed by atoms with E-state index < -0.39 is 5.82 Å². The van der Waals surface area contributed by atoms with Crippen molar-refractivity contribution in [2.75, 3.05) is 6.54 Å². The van der Waals surface area contributed by atoms with Gasteiger partial charge in [0.25, 0.3) is 0 Å². The Kier molecular flexibility index (Phi) is 6.78. The molecule has 0 unspecified atom stereocenters. The van der Waals surface area contributed by atoms with E-state index in [1.807, 2.05) is 0 Å². The summed E-state index contributed by atoms with van der Waals surface area (Å²) in [6.07, 6.45) is 5.05. The highest BCUT2D eigenvalue weighted by atomic mass is 19.1. The lowest BCUT2D eigenvalue weighted by Gasteiger charge is -2.11. The Morgan fingerprint density at radius 2 is 2.09 bits per heavy atom. The second kappa shape index (κ2) is 10.1. The summed E-state index contributed by atoms with van der Waals surface area (Å²) in [6, 6.07) is 8.93. The first-order valence-corrected chi connectivity index (χ1v) is 10.7. The van der Waals surface area contributed by atoms with Gasteiger partial charge in [0, 0.05) is 50.4 Å². The summed E-state index contributed by atoms with van der Waals surface area (Å²) in [5, 5.41) is 9.91. The number of ether oxygens (including phenoxy) is 1. The molecule has 0 spiro atoms. The monoisotopic (exact) mass is 440 g/mol. The fourth-order valence-corrected chi connectivity index (χ4v) is 3.56. The minimum absolute atomic E-state index is 0.0773. The van der Waals surface area contributed by atoms with E-state index >= 15 is 0 Å². The molecule has 9 nitrogen and oxygen atoms in total. The van der Waals surface area contributed by atoms with Crippen molar-refractivity contribution in [3.63, 3.8) is 0 Å². The molecule has 2 N–H and O–H groups in total. The van der Waals surface area contributed by atoms with E-state index in [1.54, 1.807) is 35.0 Å². The number of urea groups is 1. The van der Waals surface area contributed by atoms with Crippen LogP contribution in [0.4, 0.5) is 9.18 Å². The van der Waals surface area contributed by atoms with Crippen LogP contribution in [0.3, 0.4) is 0 Å². The zero-order valence-corrected chi connectivity index (χ0v) is 17.6. The van der Waals surface area contributed by atoms with Crippen molar-refractivity contribution in [3.05, 3.63) is 70.3 Å². The zero-order valence-electron chi connectivity index (χ0n) is 17.6. The molecule has 2 aromatic heterocycles. The highest BCUT2D eigenvalue weighted by Crippen LogP contribution is 2.23. The van der Waals surface area contributed by atoms with Crippen molar-refractivity contribution < 1.29 is 13.9 Å². The van der Waals surface area contributed by atoms with Gasteiger partial charge in [-0.15, -0.1) is 0 Å². The van der Waals surface area contributed by atoms with Crippen molar-refractivity contribution in [2.24, 2.45) is 0 Å². The number of aromatic nitrogens is 4. The van der Waals surface area contributed by atoms with Gasteiger partial charge < -0.3 is 15.4 Å². The molecule has 0 atom stereocenters. The van der Waals surface area contributed by atoms with Gasteiger partial charge in [-0.25, -0.2) is 23.6 Å². The zero-order chi connectivity index (χ0) is 22.3. The molecular formula is C22H25FN6O3. The third-order valence-electron chi connectivity index (χ3n) is 5.16. The molecule has 0 fully saturated rings. The molecule has 4 rings (SSSR count). The van der Waals surface area contributed by atoms with Crippen LogP contribution >= 0.6 is 0 Å². The third kappa shape index (κ3) is 5.32. The number of rotatable bonds is 8. The predicted octanol–water partition coefficient (Wildman–Crippen LogP) is 2.60. The Morgan fingerprint density at radius 3 is 2.94 bits per heavy atom. The number of benzene rings is 1. The number of carbonyl (C=O) groups excluding carboxylic acids is 1. The van der Waals surface area contributed by atoms with Crippen LogP contribution in [0, 0.1) is 5.82 Å². The highest BCUT2D eigenvalue weighted by molar-refractivity contribution is 5.73. The lowest BCUT2D eigenvalue weighted by molar-refractivity contribution is 0.240. The van der Waals surface area contributed by atoms with Crippen LogP contribution < -0.4 is 21.1 Å². The van der Waals surface area contributed by atoms with Gasteiger partial charge in [0.15, 0.2) is 0 Å². The van der Waals surface area contributed by atoms with E-state index in [1.165, 1.54) is 16.8 Å². The summed E-state index contributed by atoms with van der Waals surface area (Å²) in [6.45, 7) is 1.78. The molecule has 0 bridgehead atoms. The minimum atomic E-state index is -0.407. The number of fused-ring (bicyclic) bond motifs is 1. The van der Waals surface area contributed by atoms with Crippen molar-refractivity contribution in [1.29, 1.82) is 0 Å². The Morgan fingerprint density at radius 1 is 1.19 bits per heavy atom. The van der Waals surface area contributed by atoms with Crippen LogP contribution in [-0.4, -0.2) is 31.9 Å². The summed E-state index contributed by atoms with van der Waals surface area (Å²) < 4.78 is 22.2. The van der Waals surface area contributed by atoms with Crippen molar-refractivity contribution in [1.82, 2.24) is 30.0 Å². The number of carbonyl (C=O) groups is 1. The van der Waals surface area contributed by atoms with E-state index in [2.05, 4.69) is 20.7 Å². The number of halogens is 1. The first kappa shape index (κ1) is 21.5. The van der Waals surface area contributed by atoms with Gasteiger partial charge in [-0.1, -0.05) is 12.1 Å². The summed E-state index contributed by atoms with van der Waals surface area (Å²) in [4.78, 5) is 28.6. The largest absolute Gasteiger partial charge is 0.439 e. The van der Waals surface area contributed by atoms with E-state index in [0.29, 0.717) is 36.7 Å². The summed E-state index contributed by atoms with van der Waals surface area (Å²) in [7, 11) is 0. The van der Waals surface area contributed by atoms with Crippen LogP contribution in [0.25, 0.3) is 0 Å². The fourth-order valence-electron chi connectivity index (χ4n) is 3.56. The maximum Gasteiger partial charge on any atom is 0.345 e. The smallest absolute Gasteiger partial charge is 0.345 e. The van der Waals surface area contributed by atoms with Gasteiger partial charge in [-0.3, -0.25) is 4.57 Å². The standard InChI is InChI=1S/C22H25FN6O3/c23-17-7-3-8-18(14-17)32-20-16(6-4-10-24-20)15-26-21(30)25-11-5-13-29-22(31)28-12-2-1-9-19(28)27-29/h3-4,6-8,10,14H,1-2,5,9,11-13,15H2,(H2,25,26,30). The number of nitrogens with one attached hydrogen (secondary N) is 2. The van der Waals surface area contributed by atoms with Gasteiger partial charge in [-0.2, -0.15) is 5.10 Å². The number of amides is 2. The number of aryl methyl sites for hydroxylation is 2. The van der Waals surface area contributed by atoms with E-state index in [0.717, 1.165) is 31.6 Å². The average Bonchev–Trinajstić information content (AvgIpc) is 3.12. The molecule has 0 aliphatic carbocycles. The number of pyridine rings is 1. The summed E-state index contributed by atoms with van der Waals surface area (Å²) in [5.74, 6) is 1.06. The van der Waals surface area contributed by atoms with Crippen LogP contribution in [0.1, 0.15) is 30.7 Å². The first-order valence-electron chi connectivity index (χ1n) is 10.7. The van der Waals surface area contributed by atoms with Crippen LogP contribution in [0.5, 0.6) is 11.6 Å². The maximum atomic E-state index is 13.4. The number of hydrogen-bond donors (Lipinski definition) is 2. The van der Waals surface area contributed by atoms with Crippen molar-refractivity contribution >= 4 is 6.03 Å². The minimum Gasteiger partial charge on any atom is -0.439 e. The molecule has 2 amide bonds. The normalized spacial score (nSPS) is 12.8. The number of nitrogens with zero attached hydrogens (tertiary/aromatic N) is 4. The molecule has 10 heteroatoms. The predicted molar refractivity (Wildman–Crippen MR) is 115 cm³/mol. The lowest BCUT2D eigenvalue weighted by Crippen LogP contribution is -2.36. The Balaban J connectivity index is 1.23. The molecule has 168 valence electrons. The van der Waals surface area contributed by atoms with Gasteiger partial charge in [0.1, 0.15) is 17.4 Å². The maximum absolute atomic E-state index is 13.4. The van der Waals surface area contributed by atoms with Crippen LogP contribution in [0.15, 0.2) is 47.4 Å². The van der Waals surface area contributed by atoms with E-state index in [-0.39, 0.29) is 18.3 Å². The van der Waals surface area contributed by atoms with Crippen molar-refractivity contribution in [3.8, 4) is 11.6 Å². The summed E-state index contributed by atoms with van der Waals surface area (Å²) >= 11 is 0. The first-order chi connectivity index (χ1) is 15.6. The highest BCUT2D eigenvalue weighted by Gasteiger charge is 2.16. The number of hydrogen-bond acceptors (Lipinski definition) is 5.